The molecule has 1 fully saturated rings. The minimum absolute atomic E-state index is 0.00369. The minimum Gasteiger partial charge on any atom is -0.377 e. The number of hydrogen-bond donors (Lipinski definition) is 1. The first-order valence-corrected chi connectivity index (χ1v) is 6.46. The summed E-state index contributed by atoms with van der Waals surface area (Å²) in [6.07, 6.45) is -4.49. The molecule has 20 heavy (non-hydrogen) atoms. The van der Waals surface area contributed by atoms with Crippen LogP contribution in [0.2, 0.25) is 0 Å². The van der Waals surface area contributed by atoms with E-state index in [2.05, 4.69) is 15.3 Å². The molecule has 1 N–H and O–H groups in total. The molecule has 8 heteroatoms. The molecule has 1 aromatic heterocycles. The summed E-state index contributed by atoms with van der Waals surface area (Å²) >= 11 is 0. The molecule has 1 aliphatic rings. The number of halogens is 3. The van der Waals surface area contributed by atoms with Crippen LogP contribution in [0.1, 0.15) is 19.5 Å². The maximum atomic E-state index is 12.9. The average molecular weight is 290 g/mol. The van der Waals surface area contributed by atoms with Gasteiger partial charge in [-0.15, -0.1) is 0 Å². The molecule has 0 spiro atoms. The number of anilines is 2. The van der Waals surface area contributed by atoms with Crippen LogP contribution in [-0.2, 0) is 10.9 Å². The van der Waals surface area contributed by atoms with Crippen LogP contribution in [0.25, 0.3) is 0 Å². The minimum atomic E-state index is -4.49. The van der Waals surface area contributed by atoms with E-state index >= 15 is 0 Å². The van der Waals surface area contributed by atoms with Crippen molar-refractivity contribution in [3.8, 4) is 0 Å². The lowest BCUT2D eigenvalue weighted by atomic mass is 10.2. The van der Waals surface area contributed by atoms with Gasteiger partial charge >= 0.3 is 6.18 Å². The van der Waals surface area contributed by atoms with E-state index in [0.29, 0.717) is 26.3 Å². The summed E-state index contributed by atoms with van der Waals surface area (Å²) in [7, 11) is 0. The molecule has 112 valence electrons. The Balaban J connectivity index is 2.38. The Hall–Kier alpha value is -1.57. The fourth-order valence-corrected chi connectivity index (χ4v) is 2.03. The number of hydrogen-bond acceptors (Lipinski definition) is 5. The normalized spacial score (nSPS) is 20.1. The highest BCUT2D eigenvalue weighted by Crippen LogP contribution is 2.31. The predicted octanol–water partition coefficient (Wildman–Crippen LogP) is 2.15. The Labute approximate surface area is 115 Å². The zero-order valence-electron chi connectivity index (χ0n) is 11.4. The Morgan fingerprint density at radius 1 is 1.45 bits per heavy atom. The number of rotatable bonds is 3. The predicted molar refractivity (Wildman–Crippen MR) is 68.8 cm³/mol. The lowest BCUT2D eigenvalue weighted by Gasteiger charge is -2.34. The summed E-state index contributed by atoms with van der Waals surface area (Å²) in [5.41, 5.74) is -0.933. The van der Waals surface area contributed by atoms with Gasteiger partial charge in [-0.1, -0.05) is 0 Å². The van der Waals surface area contributed by atoms with Crippen molar-refractivity contribution in [1.82, 2.24) is 9.97 Å². The van der Waals surface area contributed by atoms with E-state index in [-0.39, 0.29) is 17.8 Å². The molecule has 1 aromatic rings. The third kappa shape index (κ3) is 3.30. The molecule has 5 nitrogen and oxygen atoms in total. The summed E-state index contributed by atoms with van der Waals surface area (Å²) in [5.74, 6) is 0.273. The van der Waals surface area contributed by atoms with Gasteiger partial charge in [-0.05, 0) is 13.8 Å². The second-order valence-corrected chi connectivity index (χ2v) is 4.58. The average Bonchev–Trinajstić information content (AvgIpc) is 2.38. The van der Waals surface area contributed by atoms with Crippen molar-refractivity contribution in [3.63, 3.8) is 0 Å². The molecule has 1 unspecified atom stereocenters. The number of aromatic nitrogens is 2. The van der Waals surface area contributed by atoms with Crippen LogP contribution in [0.5, 0.6) is 0 Å². The van der Waals surface area contributed by atoms with Gasteiger partial charge < -0.3 is 15.0 Å². The van der Waals surface area contributed by atoms with Gasteiger partial charge in [-0.3, -0.25) is 0 Å². The van der Waals surface area contributed by atoms with Crippen LogP contribution < -0.4 is 10.2 Å². The molecule has 0 bridgehead atoms. The van der Waals surface area contributed by atoms with Gasteiger partial charge in [-0.25, -0.2) is 4.98 Å². The molecular formula is C12H17F3N4O. The second-order valence-electron chi connectivity index (χ2n) is 4.58. The zero-order valence-corrected chi connectivity index (χ0v) is 11.4. The van der Waals surface area contributed by atoms with E-state index in [0.717, 1.165) is 6.07 Å². The van der Waals surface area contributed by atoms with Crippen LogP contribution >= 0.6 is 0 Å². The number of nitrogens with one attached hydrogen (secondary N) is 1. The first-order chi connectivity index (χ1) is 9.41. The van der Waals surface area contributed by atoms with E-state index in [1.54, 1.807) is 11.8 Å². The largest absolute Gasteiger partial charge is 0.433 e. The number of ether oxygens (including phenoxy) is 1. The highest BCUT2D eigenvalue weighted by atomic mass is 19.4. The Morgan fingerprint density at radius 2 is 2.20 bits per heavy atom. The Morgan fingerprint density at radius 3 is 2.80 bits per heavy atom. The van der Waals surface area contributed by atoms with Crippen molar-refractivity contribution in [3.05, 3.63) is 11.8 Å². The standard InChI is InChI=1S/C12H17F3N4O/c1-3-16-11-17-9(12(13,14)15)6-10(18-11)19-4-5-20-7-8(19)2/h6,8H,3-5,7H2,1-2H3,(H,16,17,18). The fraction of sp³-hybridized carbons (Fsp3) is 0.667. The second kappa shape index (κ2) is 5.82. The highest BCUT2D eigenvalue weighted by Gasteiger charge is 2.34. The number of morpholine rings is 1. The maximum absolute atomic E-state index is 12.9. The van der Waals surface area contributed by atoms with Gasteiger partial charge in [0.15, 0.2) is 5.69 Å². The molecule has 1 aliphatic heterocycles. The molecule has 0 amide bonds. The van der Waals surface area contributed by atoms with Gasteiger partial charge in [0.2, 0.25) is 5.95 Å². The van der Waals surface area contributed by atoms with Gasteiger partial charge in [0, 0.05) is 19.2 Å². The number of nitrogens with zero attached hydrogens (tertiary/aromatic N) is 3. The van der Waals surface area contributed by atoms with E-state index in [4.69, 9.17) is 4.74 Å². The molecule has 0 radical (unpaired) electrons. The zero-order chi connectivity index (χ0) is 14.8. The van der Waals surface area contributed by atoms with Crippen LogP contribution in [0.3, 0.4) is 0 Å². The van der Waals surface area contributed by atoms with E-state index < -0.39 is 11.9 Å². The molecule has 0 aliphatic carbocycles. The Kier molecular flexibility index (Phi) is 4.32. The van der Waals surface area contributed by atoms with Crippen molar-refractivity contribution < 1.29 is 17.9 Å². The van der Waals surface area contributed by atoms with Gasteiger partial charge in [-0.2, -0.15) is 18.2 Å². The third-order valence-electron chi connectivity index (χ3n) is 3.00. The molecule has 2 heterocycles. The summed E-state index contributed by atoms with van der Waals surface area (Å²) in [6.45, 7) is 5.59. The maximum Gasteiger partial charge on any atom is 0.433 e. The lowest BCUT2D eigenvalue weighted by molar-refractivity contribution is -0.141. The van der Waals surface area contributed by atoms with E-state index in [1.807, 2.05) is 6.92 Å². The van der Waals surface area contributed by atoms with Gasteiger partial charge in [0.05, 0.1) is 19.3 Å². The van der Waals surface area contributed by atoms with Crippen molar-refractivity contribution in [1.29, 1.82) is 0 Å². The smallest absolute Gasteiger partial charge is 0.377 e. The lowest BCUT2D eigenvalue weighted by Crippen LogP contribution is -2.44. The summed E-state index contributed by atoms with van der Waals surface area (Å²) in [5, 5.41) is 2.73. The number of alkyl halides is 3. The molecule has 0 aromatic carbocycles. The summed E-state index contributed by atoms with van der Waals surface area (Å²) in [6, 6.07) is 0.970. The quantitative estimate of drug-likeness (QED) is 0.924. The molecule has 0 saturated carbocycles. The first-order valence-electron chi connectivity index (χ1n) is 6.46. The molecule has 2 rings (SSSR count). The van der Waals surface area contributed by atoms with Crippen LogP contribution in [0.4, 0.5) is 24.9 Å². The van der Waals surface area contributed by atoms with Crippen molar-refractivity contribution in [2.24, 2.45) is 0 Å². The van der Waals surface area contributed by atoms with Crippen LogP contribution in [0, 0.1) is 0 Å². The molecular weight excluding hydrogens is 273 g/mol. The highest BCUT2D eigenvalue weighted by molar-refractivity contribution is 5.46. The fourth-order valence-electron chi connectivity index (χ4n) is 2.03. The van der Waals surface area contributed by atoms with Crippen LogP contribution in [-0.4, -0.2) is 42.3 Å². The van der Waals surface area contributed by atoms with Crippen molar-refractivity contribution in [2.75, 3.05) is 36.5 Å². The van der Waals surface area contributed by atoms with Crippen molar-refractivity contribution in [2.45, 2.75) is 26.1 Å². The van der Waals surface area contributed by atoms with Gasteiger partial charge in [0.1, 0.15) is 5.82 Å². The monoisotopic (exact) mass is 290 g/mol. The molecule has 1 saturated heterocycles. The van der Waals surface area contributed by atoms with Crippen molar-refractivity contribution >= 4 is 11.8 Å². The van der Waals surface area contributed by atoms with E-state index in [1.165, 1.54) is 0 Å². The summed E-state index contributed by atoms with van der Waals surface area (Å²) < 4.78 is 44.0. The Bertz CT molecular complexity index is 467. The van der Waals surface area contributed by atoms with Gasteiger partial charge in [0.25, 0.3) is 0 Å². The third-order valence-corrected chi connectivity index (χ3v) is 3.00. The SMILES string of the molecule is CCNc1nc(N2CCOCC2C)cc(C(F)(F)F)n1. The van der Waals surface area contributed by atoms with Crippen LogP contribution in [0.15, 0.2) is 6.07 Å². The van der Waals surface area contributed by atoms with E-state index in [9.17, 15) is 13.2 Å². The summed E-state index contributed by atoms with van der Waals surface area (Å²) in [4.78, 5) is 9.47. The topological polar surface area (TPSA) is 50.3 Å². The molecule has 1 atom stereocenters. The first kappa shape index (κ1) is 14.8.